The molecule has 0 aliphatic heterocycles. The van der Waals surface area contributed by atoms with Gasteiger partial charge in [-0.15, -0.1) is 0 Å². The number of amides is 2. The van der Waals surface area contributed by atoms with Crippen LogP contribution in [0.25, 0.3) is 0 Å². The first-order valence-electron chi connectivity index (χ1n) is 4.94. The fourth-order valence-electron chi connectivity index (χ4n) is 1.31. The van der Waals surface area contributed by atoms with Gasteiger partial charge < -0.3 is 10.6 Å². The molecule has 0 spiro atoms. The zero-order chi connectivity index (χ0) is 11.3. The Labute approximate surface area is 98.4 Å². The molecule has 0 bridgehead atoms. The van der Waals surface area contributed by atoms with E-state index in [4.69, 9.17) is 0 Å². The van der Waals surface area contributed by atoms with Crippen molar-refractivity contribution in [3.63, 3.8) is 0 Å². The summed E-state index contributed by atoms with van der Waals surface area (Å²) in [6.07, 6.45) is 0. The molecule has 2 amide bonds. The Morgan fingerprint density at radius 2 is 2.13 bits per heavy atom. The van der Waals surface area contributed by atoms with E-state index in [1.54, 1.807) is 0 Å². The van der Waals surface area contributed by atoms with Gasteiger partial charge in [-0.3, -0.25) is 0 Å². The average Bonchev–Trinajstić information content (AvgIpc) is 2.18. The summed E-state index contributed by atoms with van der Waals surface area (Å²) >= 11 is 3.45. The van der Waals surface area contributed by atoms with Crippen molar-refractivity contribution in [1.82, 2.24) is 10.6 Å². The van der Waals surface area contributed by atoms with Crippen molar-refractivity contribution in [2.45, 2.75) is 19.9 Å². The molecular weight excluding hydrogens is 256 g/mol. The Kier molecular flexibility index (Phi) is 4.62. The number of halogens is 1. The summed E-state index contributed by atoms with van der Waals surface area (Å²) in [7, 11) is 0. The summed E-state index contributed by atoms with van der Waals surface area (Å²) < 4.78 is 1.01. The highest BCUT2D eigenvalue weighted by Gasteiger charge is 2.10. The number of hydrogen-bond donors (Lipinski definition) is 2. The van der Waals surface area contributed by atoms with Gasteiger partial charge in [-0.1, -0.05) is 34.1 Å². The van der Waals surface area contributed by atoms with E-state index in [1.807, 2.05) is 38.1 Å². The van der Waals surface area contributed by atoms with Crippen LogP contribution in [0.1, 0.15) is 25.5 Å². The third kappa shape index (κ3) is 3.55. The Morgan fingerprint density at radius 3 is 2.73 bits per heavy atom. The molecule has 0 aliphatic rings. The van der Waals surface area contributed by atoms with Crippen LogP contribution < -0.4 is 10.6 Å². The Balaban J connectivity index is 2.65. The molecule has 1 unspecified atom stereocenters. The fraction of sp³-hybridized carbons (Fsp3) is 0.364. The maximum Gasteiger partial charge on any atom is 0.315 e. The highest BCUT2D eigenvalue weighted by Crippen LogP contribution is 2.22. The van der Waals surface area contributed by atoms with Crippen LogP contribution in [0.15, 0.2) is 28.7 Å². The normalized spacial score (nSPS) is 11.9. The van der Waals surface area contributed by atoms with E-state index in [0.29, 0.717) is 6.54 Å². The SMILES string of the molecule is CCNC(=O)NC(C)c1ccccc1Br. The summed E-state index contributed by atoms with van der Waals surface area (Å²) in [4.78, 5) is 11.3. The predicted molar refractivity (Wildman–Crippen MR) is 64.8 cm³/mol. The summed E-state index contributed by atoms with van der Waals surface area (Å²) in [5.74, 6) is 0. The molecule has 0 fully saturated rings. The highest BCUT2D eigenvalue weighted by molar-refractivity contribution is 9.10. The fourth-order valence-corrected chi connectivity index (χ4v) is 1.94. The van der Waals surface area contributed by atoms with Crippen LogP contribution in [0.4, 0.5) is 4.79 Å². The van der Waals surface area contributed by atoms with E-state index < -0.39 is 0 Å². The third-order valence-electron chi connectivity index (χ3n) is 2.06. The maximum absolute atomic E-state index is 11.3. The largest absolute Gasteiger partial charge is 0.338 e. The predicted octanol–water partition coefficient (Wildman–Crippen LogP) is 2.83. The van der Waals surface area contributed by atoms with Gasteiger partial charge in [0.25, 0.3) is 0 Å². The van der Waals surface area contributed by atoms with Crippen molar-refractivity contribution < 1.29 is 4.79 Å². The lowest BCUT2D eigenvalue weighted by Crippen LogP contribution is -2.36. The molecule has 2 N–H and O–H groups in total. The van der Waals surface area contributed by atoms with Crippen LogP contribution in [0.2, 0.25) is 0 Å². The van der Waals surface area contributed by atoms with Gasteiger partial charge in [-0.2, -0.15) is 0 Å². The average molecular weight is 271 g/mol. The van der Waals surface area contributed by atoms with Gasteiger partial charge in [0.15, 0.2) is 0 Å². The number of hydrogen-bond acceptors (Lipinski definition) is 1. The molecule has 0 saturated heterocycles. The molecule has 0 aliphatic carbocycles. The Hall–Kier alpha value is -1.03. The number of carbonyl (C=O) groups is 1. The van der Waals surface area contributed by atoms with E-state index in [-0.39, 0.29) is 12.1 Å². The van der Waals surface area contributed by atoms with Crippen molar-refractivity contribution in [3.05, 3.63) is 34.3 Å². The molecule has 0 saturated carbocycles. The van der Waals surface area contributed by atoms with E-state index in [1.165, 1.54) is 0 Å². The van der Waals surface area contributed by atoms with Gasteiger partial charge in [-0.05, 0) is 25.5 Å². The summed E-state index contributed by atoms with van der Waals surface area (Å²) in [6, 6.07) is 7.71. The maximum atomic E-state index is 11.3. The smallest absolute Gasteiger partial charge is 0.315 e. The van der Waals surface area contributed by atoms with Crippen molar-refractivity contribution in [2.24, 2.45) is 0 Å². The first-order chi connectivity index (χ1) is 7.15. The Morgan fingerprint density at radius 1 is 1.47 bits per heavy atom. The topological polar surface area (TPSA) is 41.1 Å². The number of urea groups is 1. The second kappa shape index (κ2) is 5.75. The second-order valence-corrected chi connectivity index (χ2v) is 4.10. The molecule has 0 radical (unpaired) electrons. The molecule has 1 aromatic rings. The molecule has 0 heterocycles. The summed E-state index contributed by atoms with van der Waals surface area (Å²) in [5, 5.41) is 5.56. The van der Waals surface area contributed by atoms with Gasteiger partial charge in [0, 0.05) is 11.0 Å². The zero-order valence-corrected chi connectivity index (χ0v) is 10.5. The van der Waals surface area contributed by atoms with Gasteiger partial charge in [0.1, 0.15) is 0 Å². The van der Waals surface area contributed by atoms with E-state index in [2.05, 4.69) is 26.6 Å². The van der Waals surface area contributed by atoms with Crippen LogP contribution >= 0.6 is 15.9 Å². The molecule has 3 nitrogen and oxygen atoms in total. The van der Waals surface area contributed by atoms with Crippen LogP contribution in [0, 0.1) is 0 Å². The highest BCUT2D eigenvalue weighted by atomic mass is 79.9. The first kappa shape index (κ1) is 12.0. The molecular formula is C11H15BrN2O. The van der Waals surface area contributed by atoms with Gasteiger partial charge in [-0.25, -0.2) is 4.79 Å². The van der Waals surface area contributed by atoms with Crippen LogP contribution in [-0.2, 0) is 0 Å². The monoisotopic (exact) mass is 270 g/mol. The lowest BCUT2D eigenvalue weighted by atomic mass is 10.1. The van der Waals surface area contributed by atoms with E-state index in [9.17, 15) is 4.79 Å². The van der Waals surface area contributed by atoms with Crippen molar-refractivity contribution in [2.75, 3.05) is 6.54 Å². The molecule has 1 rings (SSSR count). The van der Waals surface area contributed by atoms with Gasteiger partial charge >= 0.3 is 6.03 Å². The van der Waals surface area contributed by atoms with Crippen LogP contribution in [-0.4, -0.2) is 12.6 Å². The number of carbonyl (C=O) groups excluding carboxylic acids is 1. The zero-order valence-electron chi connectivity index (χ0n) is 8.88. The molecule has 1 atom stereocenters. The Bertz CT molecular complexity index is 341. The number of rotatable bonds is 3. The van der Waals surface area contributed by atoms with Crippen LogP contribution in [0.5, 0.6) is 0 Å². The summed E-state index contributed by atoms with van der Waals surface area (Å²) in [6.45, 7) is 4.48. The van der Waals surface area contributed by atoms with Crippen molar-refractivity contribution >= 4 is 22.0 Å². The molecule has 0 aromatic heterocycles. The number of nitrogens with one attached hydrogen (secondary N) is 2. The van der Waals surface area contributed by atoms with Crippen molar-refractivity contribution in [3.8, 4) is 0 Å². The second-order valence-electron chi connectivity index (χ2n) is 3.25. The molecule has 1 aromatic carbocycles. The molecule has 15 heavy (non-hydrogen) atoms. The lowest BCUT2D eigenvalue weighted by molar-refractivity contribution is 0.238. The first-order valence-corrected chi connectivity index (χ1v) is 5.73. The quantitative estimate of drug-likeness (QED) is 0.872. The standard InChI is InChI=1S/C11H15BrN2O/c1-3-13-11(15)14-8(2)9-6-4-5-7-10(9)12/h4-8H,3H2,1-2H3,(H2,13,14,15). The third-order valence-corrected chi connectivity index (χ3v) is 2.78. The van der Waals surface area contributed by atoms with Gasteiger partial charge in [0.05, 0.1) is 6.04 Å². The van der Waals surface area contributed by atoms with E-state index in [0.717, 1.165) is 10.0 Å². The van der Waals surface area contributed by atoms with Crippen LogP contribution in [0.3, 0.4) is 0 Å². The van der Waals surface area contributed by atoms with E-state index >= 15 is 0 Å². The molecule has 4 heteroatoms. The van der Waals surface area contributed by atoms with Gasteiger partial charge in [0.2, 0.25) is 0 Å². The molecule has 82 valence electrons. The lowest BCUT2D eigenvalue weighted by Gasteiger charge is -2.15. The van der Waals surface area contributed by atoms with Crippen molar-refractivity contribution in [1.29, 1.82) is 0 Å². The summed E-state index contributed by atoms with van der Waals surface area (Å²) in [5.41, 5.74) is 1.07. The number of benzene rings is 1. The minimum Gasteiger partial charge on any atom is -0.338 e. The minimum absolute atomic E-state index is 0.00729. The minimum atomic E-state index is -0.138.